The Bertz CT molecular complexity index is 2090. The van der Waals surface area contributed by atoms with Gasteiger partial charge in [-0.1, -0.05) is 11.6 Å². The second-order valence-electron chi connectivity index (χ2n) is 13.6. The van der Waals surface area contributed by atoms with Gasteiger partial charge in [0.1, 0.15) is 34.4 Å². The molecule has 7 rings (SSSR count). The molecule has 0 aliphatic carbocycles. The molecule has 0 spiro atoms. The number of carbonyl (C=O) groups excluding carboxylic acids is 1. The van der Waals surface area contributed by atoms with Crippen LogP contribution in [0, 0.1) is 23.0 Å². The summed E-state index contributed by atoms with van der Waals surface area (Å²) in [7, 11) is 1.23. The highest BCUT2D eigenvalue weighted by atomic mass is 32.1. The molecule has 2 aromatic heterocycles. The van der Waals surface area contributed by atoms with Crippen LogP contribution in [0.5, 0.6) is 6.01 Å². The van der Waals surface area contributed by atoms with E-state index < -0.39 is 40.6 Å². The summed E-state index contributed by atoms with van der Waals surface area (Å²) in [4.78, 5) is 23.8. The van der Waals surface area contributed by atoms with E-state index in [0.717, 1.165) is 55.4 Å². The highest BCUT2D eigenvalue weighted by Gasteiger charge is 2.38. The Labute approximate surface area is 313 Å². The molecule has 3 N–H and O–H groups in total. The lowest BCUT2D eigenvalue weighted by Gasteiger charge is -2.18. The van der Waals surface area contributed by atoms with E-state index in [9.17, 15) is 32.0 Å². The number of nitrogen functional groups attached to an aromatic ring is 1. The number of hydrogen-bond acceptors (Lipinski definition) is 9. The van der Waals surface area contributed by atoms with E-state index in [0.29, 0.717) is 23.9 Å². The number of likely N-dealkylation sites (tertiary alicyclic amines) is 1. The van der Waals surface area contributed by atoms with Crippen molar-refractivity contribution < 1.29 is 35.9 Å². The molecule has 3 saturated heterocycles. The van der Waals surface area contributed by atoms with E-state index >= 15 is 4.39 Å². The van der Waals surface area contributed by atoms with E-state index in [1.54, 1.807) is 13.0 Å². The molecule has 2 aromatic carbocycles. The van der Waals surface area contributed by atoms with Gasteiger partial charge in [0.05, 0.1) is 22.9 Å². The Morgan fingerprint density at radius 1 is 1.13 bits per heavy atom. The number of ether oxygens (including phenoxy) is 1. The maximum absolute atomic E-state index is 15.9. The summed E-state index contributed by atoms with van der Waals surface area (Å²) in [6.45, 7) is 11.6. The van der Waals surface area contributed by atoms with E-state index in [2.05, 4.69) is 20.2 Å². The predicted molar refractivity (Wildman–Crippen MR) is 199 cm³/mol. The first-order valence-electron chi connectivity index (χ1n) is 17.7. The third-order valence-corrected chi connectivity index (χ3v) is 10.9. The second kappa shape index (κ2) is 16.8. The lowest BCUT2D eigenvalue weighted by molar-refractivity contribution is -0.137. The number of fused-ring (bicyclic) bond motifs is 3. The van der Waals surface area contributed by atoms with Gasteiger partial charge in [-0.3, -0.25) is 9.69 Å². The van der Waals surface area contributed by atoms with Gasteiger partial charge in [0.2, 0.25) is 5.91 Å². The average molecular weight is 776 g/mol. The Balaban J connectivity index is 0.000000215. The molecule has 0 bridgehead atoms. The van der Waals surface area contributed by atoms with Crippen LogP contribution in [0.4, 0.5) is 37.2 Å². The normalized spacial score (nSPS) is 18.1. The number of aromatic nitrogens is 2. The Kier molecular flexibility index (Phi) is 12.6. The number of carbonyl (C=O) groups is 1. The first kappa shape index (κ1) is 40.6. The highest BCUT2D eigenvalue weighted by Crippen LogP contribution is 2.47. The van der Waals surface area contributed by atoms with E-state index in [1.165, 1.54) is 32.8 Å². The second-order valence-corrected chi connectivity index (χ2v) is 14.6. The van der Waals surface area contributed by atoms with Gasteiger partial charge < -0.3 is 20.7 Å². The topological polar surface area (TPSA) is 120 Å². The number of benzene rings is 2. The molecule has 3 fully saturated rings. The standard InChI is InChI=1S/C21H14F5N5OS.C10H17NO.C7H12FN/c1-3-29-19-9-6-11(21(24,25)26)14(15(23)16(9)30-20(31-19)32-2)8-4-5-12(22)17-13(8)10(7-27)18(28)33-17;1-8(2)9(3)10(12)11-6-4-5-7-11;8-6-4-7-2-1-3-9(7)5-6/h4-6H,3,28H2,1-2H3,(H,29,30,31);4-7H2,1-3H3;6-7H,1-5H2. The number of rotatable bonds is 5. The average Bonchev–Trinajstić information content (AvgIpc) is 3.94. The minimum atomic E-state index is -5.00. The minimum absolute atomic E-state index is 0.0444. The zero-order valence-electron chi connectivity index (χ0n) is 30.8. The molecule has 16 heteroatoms. The molecule has 1 amide bonds. The molecule has 3 aliphatic heterocycles. The molecule has 54 heavy (non-hydrogen) atoms. The van der Waals surface area contributed by atoms with Crippen molar-refractivity contribution >= 4 is 49.1 Å². The van der Waals surface area contributed by atoms with Gasteiger partial charge in [-0.2, -0.15) is 28.4 Å². The third-order valence-electron chi connectivity index (χ3n) is 9.87. The summed E-state index contributed by atoms with van der Waals surface area (Å²) in [6, 6.07) is 4.75. The molecule has 2 unspecified atom stereocenters. The number of nitrogens with two attached hydrogens (primary N) is 1. The number of alkyl halides is 4. The van der Waals surface area contributed by atoms with Crippen molar-refractivity contribution in [3.8, 4) is 23.2 Å². The zero-order valence-corrected chi connectivity index (χ0v) is 31.6. The smallest absolute Gasteiger partial charge is 0.417 e. The first-order valence-corrected chi connectivity index (χ1v) is 18.5. The van der Waals surface area contributed by atoms with Crippen LogP contribution in [0.1, 0.15) is 70.9 Å². The van der Waals surface area contributed by atoms with Gasteiger partial charge in [-0.05, 0) is 84.0 Å². The highest BCUT2D eigenvalue weighted by molar-refractivity contribution is 7.23. The van der Waals surface area contributed by atoms with Gasteiger partial charge in [0, 0.05) is 54.1 Å². The molecule has 290 valence electrons. The summed E-state index contributed by atoms with van der Waals surface area (Å²) in [5.41, 5.74) is 4.64. The summed E-state index contributed by atoms with van der Waals surface area (Å²) in [5, 5.41) is 11.8. The van der Waals surface area contributed by atoms with Crippen molar-refractivity contribution in [1.82, 2.24) is 19.8 Å². The van der Waals surface area contributed by atoms with Crippen LogP contribution in [-0.4, -0.2) is 77.7 Å². The van der Waals surface area contributed by atoms with Crippen molar-refractivity contribution in [3.63, 3.8) is 0 Å². The number of halogens is 6. The number of anilines is 2. The van der Waals surface area contributed by atoms with Crippen molar-refractivity contribution in [2.75, 3.05) is 50.9 Å². The molecule has 5 heterocycles. The lowest BCUT2D eigenvalue weighted by Crippen LogP contribution is -2.28. The quantitative estimate of drug-likeness (QED) is 0.153. The van der Waals surface area contributed by atoms with Crippen LogP contribution in [0.15, 0.2) is 29.3 Å². The molecule has 2 atom stereocenters. The number of thiophene rings is 1. The van der Waals surface area contributed by atoms with Gasteiger partial charge in [0.25, 0.3) is 0 Å². The molecule has 0 saturated carbocycles. The van der Waals surface area contributed by atoms with Crippen LogP contribution in [-0.2, 0) is 11.0 Å². The van der Waals surface area contributed by atoms with Crippen LogP contribution in [0.3, 0.4) is 0 Å². The Morgan fingerprint density at radius 2 is 1.83 bits per heavy atom. The number of nitrogens with one attached hydrogen (secondary N) is 1. The first-order chi connectivity index (χ1) is 25.6. The fourth-order valence-electron chi connectivity index (χ4n) is 6.99. The molecular formula is C38H43F6N7O2S. The number of hydrogen-bond donors (Lipinski definition) is 2. The van der Waals surface area contributed by atoms with Crippen LogP contribution in [0.25, 0.3) is 32.1 Å². The monoisotopic (exact) mass is 775 g/mol. The fourth-order valence-corrected chi connectivity index (χ4v) is 7.94. The molecule has 4 aromatic rings. The van der Waals surface area contributed by atoms with E-state index in [-0.39, 0.29) is 55.9 Å². The summed E-state index contributed by atoms with van der Waals surface area (Å²) >= 11 is 0.698. The zero-order chi connectivity index (χ0) is 39.5. The van der Waals surface area contributed by atoms with E-state index in [4.69, 9.17) is 10.5 Å². The van der Waals surface area contributed by atoms with E-state index in [1.807, 2.05) is 25.7 Å². The maximum atomic E-state index is 15.9. The van der Waals surface area contributed by atoms with Gasteiger partial charge in [-0.25, -0.2) is 13.2 Å². The number of amides is 1. The van der Waals surface area contributed by atoms with Gasteiger partial charge >= 0.3 is 12.2 Å². The fraction of sp³-hybridized carbons (Fsp3) is 0.474. The SMILES string of the molecule is CC(C)=C(C)C(=O)N1CCCC1.CCNc1nc(OC)nc2c(F)c(-c3ccc(F)c4sc(N)c(C#N)c34)c(C(F)(F)F)cc12.FC1CC2CCCN2C1. The van der Waals surface area contributed by atoms with Gasteiger partial charge in [-0.15, -0.1) is 11.3 Å². The third kappa shape index (κ3) is 8.37. The van der Waals surface area contributed by atoms with Crippen LogP contribution < -0.4 is 15.8 Å². The van der Waals surface area contributed by atoms with Crippen LogP contribution >= 0.6 is 11.3 Å². The summed E-state index contributed by atoms with van der Waals surface area (Å²) in [6.07, 6.45) is 0.153. The van der Waals surface area contributed by atoms with Crippen molar-refractivity contribution in [2.45, 2.75) is 78.2 Å². The summed E-state index contributed by atoms with van der Waals surface area (Å²) < 4.78 is 90.2. The molecular weight excluding hydrogens is 733 g/mol. The minimum Gasteiger partial charge on any atom is -0.467 e. The molecule has 0 radical (unpaired) electrons. The number of nitriles is 1. The number of nitrogens with zero attached hydrogens (tertiary/aromatic N) is 5. The Hall–Kier alpha value is -4.62. The predicted octanol–water partition coefficient (Wildman–Crippen LogP) is 8.86. The maximum Gasteiger partial charge on any atom is 0.417 e. The largest absolute Gasteiger partial charge is 0.467 e. The molecule has 3 aliphatic rings. The van der Waals surface area contributed by atoms with Gasteiger partial charge in [0.15, 0.2) is 5.82 Å². The van der Waals surface area contributed by atoms with Crippen LogP contribution in [0.2, 0.25) is 0 Å². The van der Waals surface area contributed by atoms with Crippen molar-refractivity contribution in [3.05, 3.63) is 52.1 Å². The summed E-state index contributed by atoms with van der Waals surface area (Å²) in [5.74, 6) is -1.93. The number of allylic oxidation sites excluding steroid dienone is 1. The Morgan fingerprint density at radius 3 is 2.43 bits per heavy atom. The van der Waals surface area contributed by atoms with Crippen molar-refractivity contribution in [1.29, 1.82) is 5.26 Å². The lowest BCUT2D eigenvalue weighted by atomic mass is 9.92. The van der Waals surface area contributed by atoms with Crippen molar-refractivity contribution in [2.24, 2.45) is 0 Å². The molecule has 9 nitrogen and oxygen atoms in total. The number of methoxy groups -OCH3 is 1.